The molecule has 10 nitrogen and oxygen atoms in total. The van der Waals surface area contributed by atoms with Gasteiger partial charge >= 0.3 is 19.8 Å². The first-order valence-corrected chi connectivity index (χ1v) is 25.4. The summed E-state index contributed by atoms with van der Waals surface area (Å²) in [6.45, 7) is 3.48. The molecule has 0 radical (unpaired) electrons. The van der Waals surface area contributed by atoms with E-state index in [2.05, 4.69) is 154 Å². The molecule has 0 amide bonds. The van der Waals surface area contributed by atoms with E-state index in [4.69, 9.17) is 29.4 Å². The minimum absolute atomic E-state index is 0.0354. The number of ether oxygens (including phenoxy) is 2. The molecule has 0 rings (SSSR count). The first-order chi connectivity index (χ1) is 31.7. The zero-order chi connectivity index (χ0) is 47.6. The molecule has 0 saturated heterocycles. The number of nitrogens with two attached hydrogens (primary N) is 1. The Morgan fingerprint density at radius 2 is 0.846 bits per heavy atom. The first-order valence-electron chi connectivity index (χ1n) is 23.9. The van der Waals surface area contributed by atoms with Crippen LogP contribution in [0.3, 0.4) is 0 Å². The van der Waals surface area contributed by atoms with E-state index in [1.54, 1.807) is 0 Å². The third kappa shape index (κ3) is 47.6. The Labute approximate surface area is 393 Å². The van der Waals surface area contributed by atoms with Crippen LogP contribution >= 0.6 is 7.82 Å². The number of esters is 1. The maximum atomic E-state index is 12.7. The molecule has 0 aliphatic rings. The number of phosphoric ester groups is 1. The number of carboxylic acid groups (broad SMARTS) is 1. The molecule has 0 spiro atoms. The van der Waals surface area contributed by atoms with E-state index < -0.39 is 45.1 Å². The minimum Gasteiger partial charge on any atom is -0.480 e. The lowest BCUT2D eigenvalue weighted by Gasteiger charge is -2.20. The summed E-state index contributed by atoms with van der Waals surface area (Å²) < 4.78 is 33.3. The smallest absolute Gasteiger partial charge is 0.472 e. The summed E-state index contributed by atoms with van der Waals surface area (Å²) in [7, 11) is -4.66. The SMILES string of the molecule is CC/C=C\C/C=C\C/C=C\C/C=C\C/C=C\C/C=C\C/C=C\CCCC(=O)OC(COCCCCCC/C=C\C/C=C\C/C=C\C/C=C\C/C=C\CC)COP(=O)(O)OCC(N)C(=O)O. The minimum atomic E-state index is -4.66. The molecule has 0 bridgehead atoms. The van der Waals surface area contributed by atoms with Crippen molar-refractivity contribution in [3.05, 3.63) is 146 Å². The highest BCUT2D eigenvalue weighted by Crippen LogP contribution is 2.43. The standard InChI is InChI=1S/C54H84NO9P/c1-3-5-7-9-11-13-15-17-19-21-23-25-26-27-28-30-32-34-36-38-40-42-44-46-53(56)64-51(49-62-65(59,60)63-50-52(55)54(57)58)48-61-47-45-43-41-39-37-35-33-31-29-24-22-20-18-16-14-12-10-8-6-4-2/h5-8,11-14,17-20,23-25,27-29,32-35,38,40,51-52H,3-4,9-10,15-16,21-22,26,30-31,36-37,39,41-50,55H2,1-2H3,(H,57,58)(H,59,60)/b7-5-,8-6-,13-11-,14-12-,19-17-,20-18-,25-23-,28-27-,29-24-,34-32-,35-33-,40-38-. The van der Waals surface area contributed by atoms with Crippen LogP contribution in [0, 0.1) is 0 Å². The molecule has 0 aromatic rings. The average Bonchev–Trinajstić information content (AvgIpc) is 3.29. The first kappa shape index (κ1) is 60.9. The number of carbonyl (C=O) groups is 2. The number of carboxylic acids is 1. The molecule has 364 valence electrons. The zero-order valence-corrected chi connectivity index (χ0v) is 40.7. The van der Waals surface area contributed by atoms with Crippen molar-refractivity contribution >= 4 is 19.8 Å². The summed E-state index contributed by atoms with van der Waals surface area (Å²) >= 11 is 0. The Morgan fingerprint density at radius 1 is 0.492 bits per heavy atom. The fourth-order valence-corrected chi connectivity index (χ4v) is 6.28. The molecule has 11 heteroatoms. The number of unbranched alkanes of at least 4 members (excludes halogenated alkanes) is 5. The van der Waals surface area contributed by atoms with Crippen LogP contribution in [-0.2, 0) is 32.7 Å². The van der Waals surface area contributed by atoms with E-state index in [-0.39, 0.29) is 13.0 Å². The number of carbonyl (C=O) groups excluding carboxylic acids is 1. The van der Waals surface area contributed by atoms with Gasteiger partial charge in [-0.3, -0.25) is 18.6 Å². The monoisotopic (exact) mass is 922 g/mol. The fourth-order valence-electron chi connectivity index (χ4n) is 5.50. The summed E-state index contributed by atoms with van der Waals surface area (Å²) in [5.74, 6) is -1.87. The summed E-state index contributed by atoms with van der Waals surface area (Å²) in [6.07, 6.45) is 69.1. The maximum Gasteiger partial charge on any atom is 0.472 e. The lowest BCUT2D eigenvalue weighted by molar-refractivity contribution is -0.154. The number of hydrogen-bond acceptors (Lipinski definition) is 8. The fraction of sp³-hybridized carbons (Fsp3) is 0.519. The van der Waals surface area contributed by atoms with Gasteiger partial charge in [0, 0.05) is 13.0 Å². The highest BCUT2D eigenvalue weighted by atomic mass is 31.2. The van der Waals surface area contributed by atoms with Crippen molar-refractivity contribution in [2.75, 3.05) is 26.4 Å². The van der Waals surface area contributed by atoms with Crippen LogP contribution in [0.5, 0.6) is 0 Å². The van der Waals surface area contributed by atoms with Gasteiger partial charge in [-0.2, -0.15) is 0 Å². The second-order valence-corrected chi connectivity index (χ2v) is 16.6. The molecule has 0 fully saturated rings. The summed E-state index contributed by atoms with van der Waals surface area (Å²) in [5, 5.41) is 8.92. The average molecular weight is 922 g/mol. The van der Waals surface area contributed by atoms with Gasteiger partial charge in [-0.05, 0) is 109 Å². The molecule has 0 aromatic carbocycles. The van der Waals surface area contributed by atoms with Crippen molar-refractivity contribution in [2.24, 2.45) is 5.73 Å². The molecule has 0 aliphatic heterocycles. The van der Waals surface area contributed by atoms with Gasteiger partial charge in [0.25, 0.3) is 0 Å². The van der Waals surface area contributed by atoms with Crippen molar-refractivity contribution in [3.8, 4) is 0 Å². The number of phosphoric acid groups is 1. The van der Waals surface area contributed by atoms with Gasteiger partial charge < -0.3 is 25.2 Å². The largest absolute Gasteiger partial charge is 0.480 e. The predicted octanol–water partition coefficient (Wildman–Crippen LogP) is 14.0. The third-order valence-corrected chi connectivity index (χ3v) is 10.1. The molecule has 3 unspecified atom stereocenters. The highest BCUT2D eigenvalue weighted by Gasteiger charge is 2.27. The highest BCUT2D eigenvalue weighted by molar-refractivity contribution is 7.47. The van der Waals surface area contributed by atoms with E-state index in [9.17, 15) is 19.0 Å². The quantitative estimate of drug-likeness (QED) is 0.0233. The van der Waals surface area contributed by atoms with Gasteiger partial charge in [-0.1, -0.05) is 173 Å². The van der Waals surface area contributed by atoms with Crippen molar-refractivity contribution in [1.29, 1.82) is 0 Å². The van der Waals surface area contributed by atoms with Crippen molar-refractivity contribution in [3.63, 3.8) is 0 Å². The van der Waals surface area contributed by atoms with Crippen LogP contribution < -0.4 is 5.73 Å². The van der Waals surface area contributed by atoms with Gasteiger partial charge in [0.1, 0.15) is 12.1 Å². The van der Waals surface area contributed by atoms with Crippen LogP contribution in [0.4, 0.5) is 0 Å². The van der Waals surface area contributed by atoms with Crippen LogP contribution in [0.15, 0.2) is 146 Å². The molecule has 4 N–H and O–H groups in total. The predicted molar refractivity (Wildman–Crippen MR) is 271 cm³/mol. The number of rotatable bonds is 43. The second-order valence-electron chi connectivity index (χ2n) is 15.1. The summed E-state index contributed by atoms with van der Waals surface area (Å²) in [4.78, 5) is 33.6. The number of allylic oxidation sites excluding steroid dienone is 24. The van der Waals surface area contributed by atoms with Crippen LogP contribution in [0.1, 0.15) is 142 Å². The van der Waals surface area contributed by atoms with Gasteiger partial charge in [-0.25, -0.2) is 4.57 Å². The molecule has 0 saturated carbocycles. The normalized spacial score (nSPS) is 15.0. The zero-order valence-electron chi connectivity index (χ0n) is 39.8. The Morgan fingerprint density at radius 3 is 1.25 bits per heavy atom. The number of hydrogen-bond donors (Lipinski definition) is 3. The third-order valence-electron chi connectivity index (χ3n) is 9.11. The van der Waals surface area contributed by atoms with E-state index in [0.717, 1.165) is 109 Å². The van der Waals surface area contributed by atoms with Crippen molar-refractivity contribution in [2.45, 2.75) is 154 Å². The van der Waals surface area contributed by atoms with Crippen LogP contribution in [-0.4, -0.2) is 60.5 Å². The molecular weight excluding hydrogens is 838 g/mol. The summed E-state index contributed by atoms with van der Waals surface area (Å²) in [6, 6.07) is -1.50. The van der Waals surface area contributed by atoms with Gasteiger partial charge in [0.2, 0.25) is 0 Å². The van der Waals surface area contributed by atoms with Crippen LogP contribution in [0.2, 0.25) is 0 Å². The lowest BCUT2D eigenvalue weighted by Crippen LogP contribution is -2.34. The van der Waals surface area contributed by atoms with Crippen LogP contribution in [0.25, 0.3) is 0 Å². The molecule has 0 aliphatic carbocycles. The maximum absolute atomic E-state index is 12.7. The van der Waals surface area contributed by atoms with Gasteiger partial charge in [-0.15, -0.1) is 0 Å². The van der Waals surface area contributed by atoms with E-state index >= 15 is 0 Å². The Hall–Kier alpha value is -4.15. The molecule has 0 aromatic heterocycles. The Balaban J connectivity index is 4.41. The summed E-state index contributed by atoms with van der Waals surface area (Å²) in [5.41, 5.74) is 5.36. The molecular formula is C54H84NO9P. The molecule has 65 heavy (non-hydrogen) atoms. The van der Waals surface area contributed by atoms with E-state index in [1.165, 1.54) is 0 Å². The van der Waals surface area contributed by atoms with Gasteiger partial charge in [0.05, 0.1) is 19.8 Å². The number of aliphatic carboxylic acids is 1. The topological polar surface area (TPSA) is 155 Å². The lowest BCUT2D eigenvalue weighted by atomic mass is 10.1. The van der Waals surface area contributed by atoms with Crippen molar-refractivity contribution < 1.29 is 42.7 Å². The van der Waals surface area contributed by atoms with Crippen molar-refractivity contribution in [1.82, 2.24) is 0 Å². The molecule has 0 heterocycles. The van der Waals surface area contributed by atoms with E-state index in [0.29, 0.717) is 19.4 Å². The Kier molecular flexibility index (Phi) is 44.7. The van der Waals surface area contributed by atoms with E-state index in [1.807, 2.05) is 6.08 Å². The Bertz CT molecular complexity index is 1580. The molecule has 3 atom stereocenters. The van der Waals surface area contributed by atoms with Gasteiger partial charge in [0.15, 0.2) is 0 Å². The second kappa shape index (κ2) is 47.8.